The van der Waals surface area contributed by atoms with Crippen molar-refractivity contribution in [2.45, 2.75) is 12.8 Å². The van der Waals surface area contributed by atoms with Gasteiger partial charge in [-0.15, -0.1) is 0 Å². The van der Waals surface area contributed by atoms with E-state index < -0.39 is 23.4 Å². The summed E-state index contributed by atoms with van der Waals surface area (Å²) in [5, 5.41) is 0.168. The molecule has 0 bridgehead atoms. The first-order chi connectivity index (χ1) is 13.2. The van der Waals surface area contributed by atoms with Crippen molar-refractivity contribution in [3.05, 3.63) is 88.4 Å². The molecule has 0 spiro atoms. The number of ether oxygens (including phenoxy) is 2. The van der Waals surface area contributed by atoms with Crippen LogP contribution in [0, 0.1) is 11.6 Å². The molecular formula is C20H12ClF5O2. The fourth-order valence-corrected chi connectivity index (χ4v) is 2.56. The summed E-state index contributed by atoms with van der Waals surface area (Å²) in [4.78, 5) is 0. The summed E-state index contributed by atoms with van der Waals surface area (Å²) in [5.41, 5.74) is -0.218. The zero-order chi connectivity index (χ0) is 20.3. The smallest absolute Gasteiger partial charge is 0.416 e. The number of benzene rings is 3. The highest BCUT2D eigenvalue weighted by Gasteiger charge is 2.29. The molecule has 0 amide bonds. The van der Waals surface area contributed by atoms with Crippen molar-refractivity contribution in [3.63, 3.8) is 0 Å². The standard InChI is InChI=1S/C20H12ClF5O2/c21-18-10-16(28-17-8-14(22)7-15(23)9-17)5-6-19(18)27-11-12-1-3-13(4-2-12)20(24,25)26/h1-10H,11H2. The van der Waals surface area contributed by atoms with Gasteiger partial charge in [0.25, 0.3) is 0 Å². The Morgan fingerprint density at radius 2 is 1.43 bits per heavy atom. The average molecular weight is 415 g/mol. The SMILES string of the molecule is Fc1cc(F)cc(Oc2ccc(OCc3ccc(C(F)(F)F)cc3)c(Cl)c2)c1. The maximum atomic E-state index is 13.2. The molecule has 0 aromatic heterocycles. The Bertz CT molecular complexity index is 951. The van der Waals surface area contributed by atoms with Crippen LogP contribution in [0.2, 0.25) is 5.02 Å². The zero-order valence-corrected chi connectivity index (χ0v) is 14.8. The molecule has 0 saturated carbocycles. The Kier molecular flexibility index (Phi) is 5.74. The van der Waals surface area contributed by atoms with Gasteiger partial charge in [-0.1, -0.05) is 23.7 Å². The van der Waals surface area contributed by atoms with Crippen molar-refractivity contribution < 1.29 is 31.4 Å². The summed E-state index contributed by atoms with van der Waals surface area (Å²) in [6.45, 7) is 0.00711. The first-order valence-corrected chi connectivity index (χ1v) is 8.31. The summed E-state index contributed by atoms with van der Waals surface area (Å²) in [7, 11) is 0. The van der Waals surface area contributed by atoms with Crippen LogP contribution in [0.5, 0.6) is 17.2 Å². The first-order valence-electron chi connectivity index (χ1n) is 7.93. The molecule has 3 rings (SSSR count). The molecule has 3 aromatic carbocycles. The first kappa shape index (κ1) is 19.9. The molecule has 8 heteroatoms. The Hall–Kier alpha value is -2.80. The highest BCUT2D eigenvalue weighted by molar-refractivity contribution is 6.32. The lowest BCUT2D eigenvalue weighted by molar-refractivity contribution is -0.137. The van der Waals surface area contributed by atoms with Crippen LogP contribution >= 0.6 is 11.6 Å². The molecule has 0 saturated heterocycles. The monoisotopic (exact) mass is 414 g/mol. The van der Waals surface area contributed by atoms with Gasteiger partial charge in [0.15, 0.2) is 0 Å². The molecule has 2 nitrogen and oxygen atoms in total. The van der Waals surface area contributed by atoms with Gasteiger partial charge in [-0.05, 0) is 29.8 Å². The minimum Gasteiger partial charge on any atom is -0.487 e. The highest BCUT2D eigenvalue weighted by Crippen LogP contribution is 2.33. The van der Waals surface area contributed by atoms with Gasteiger partial charge in [0.1, 0.15) is 35.5 Å². The van der Waals surface area contributed by atoms with Gasteiger partial charge in [0, 0.05) is 24.3 Å². The molecule has 146 valence electrons. The van der Waals surface area contributed by atoms with E-state index in [1.165, 1.54) is 30.3 Å². The van der Waals surface area contributed by atoms with E-state index in [1.807, 2.05) is 0 Å². The third-order valence-corrected chi connectivity index (χ3v) is 3.95. The predicted molar refractivity (Wildman–Crippen MR) is 93.7 cm³/mol. The van der Waals surface area contributed by atoms with Crippen molar-refractivity contribution in [2.75, 3.05) is 0 Å². The van der Waals surface area contributed by atoms with E-state index in [9.17, 15) is 22.0 Å². The molecule has 0 heterocycles. The highest BCUT2D eigenvalue weighted by atomic mass is 35.5. The number of hydrogen-bond acceptors (Lipinski definition) is 2. The Morgan fingerprint density at radius 1 is 0.786 bits per heavy atom. The molecule has 0 N–H and O–H groups in total. The van der Waals surface area contributed by atoms with E-state index in [0.29, 0.717) is 5.56 Å². The topological polar surface area (TPSA) is 18.5 Å². The molecule has 0 aliphatic carbocycles. The zero-order valence-electron chi connectivity index (χ0n) is 14.1. The van der Waals surface area contributed by atoms with Crippen LogP contribution in [0.15, 0.2) is 60.7 Å². The molecular weight excluding hydrogens is 403 g/mol. The number of alkyl halides is 3. The second-order valence-electron chi connectivity index (χ2n) is 5.78. The Morgan fingerprint density at radius 3 is 2.00 bits per heavy atom. The van der Waals surface area contributed by atoms with Crippen molar-refractivity contribution in [3.8, 4) is 17.2 Å². The third-order valence-electron chi connectivity index (χ3n) is 3.65. The average Bonchev–Trinajstić information content (AvgIpc) is 2.60. The van der Waals surface area contributed by atoms with Crippen molar-refractivity contribution >= 4 is 11.6 Å². The maximum absolute atomic E-state index is 13.2. The third kappa shape index (κ3) is 5.13. The van der Waals surface area contributed by atoms with Crippen LogP contribution in [0.4, 0.5) is 22.0 Å². The largest absolute Gasteiger partial charge is 0.487 e. The van der Waals surface area contributed by atoms with Gasteiger partial charge in [-0.2, -0.15) is 13.2 Å². The molecule has 3 aromatic rings. The molecule has 0 aliphatic rings. The minimum atomic E-state index is -4.40. The molecule has 0 aliphatic heterocycles. The lowest BCUT2D eigenvalue weighted by atomic mass is 10.1. The van der Waals surface area contributed by atoms with Crippen molar-refractivity contribution in [1.29, 1.82) is 0 Å². The normalized spacial score (nSPS) is 11.4. The van der Waals surface area contributed by atoms with Crippen molar-refractivity contribution in [2.24, 2.45) is 0 Å². The van der Waals surface area contributed by atoms with E-state index in [1.54, 1.807) is 0 Å². The van der Waals surface area contributed by atoms with Crippen LogP contribution < -0.4 is 9.47 Å². The van der Waals surface area contributed by atoms with Crippen LogP contribution in [-0.4, -0.2) is 0 Å². The van der Waals surface area contributed by atoms with E-state index in [0.717, 1.165) is 30.3 Å². The van der Waals surface area contributed by atoms with Crippen molar-refractivity contribution in [1.82, 2.24) is 0 Å². The second-order valence-corrected chi connectivity index (χ2v) is 6.19. The Balaban J connectivity index is 1.65. The number of halogens is 6. The van der Waals surface area contributed by atoms with Gasteiger partial charge < -0.3 is 9.47 Å². The predicted octanol–water partition coefficient (Wildman–Crippen LogP) is 7.01. The summed E-state index contributed by atoms with van der Waals surface area (Å²) in [6.07, 6.45) is -4.40. The maximum Gasteiger partial charge on any atom is 0.416 e. The van der Waals surface area contributed by atoms with Gasteiger partial charge in [0.05, 0.1) is 10.6 Å². The van der Waals surface area contributed by atoms with Gasteiger partial charge in [-0.3, -0.25) is 0 Å². The van der Waals surface area contributed by atoms with E-state index in [2.05, 4.69) is 0 Å². The summed E-state index contributed by atoms with van der Waals surface area (Å²) in [6, 6.07) is 11.7. The van der Waals surface area contributed by atoms with E-state index >= 15 is 0 Å². The Labute approximate surface area is 162 Å². The lowest BCUT2D eigenvalue weighted by Gasteiger charge is -2.11. The van der Waals surface area contributed by atoms with E-state index in [4.69, 9.17) is 21.1 Å². The van der Waals surface area contributed by atoms with Crippen LogP contribution in [0.25, 0.3) is 0 Å². The van der Waals surface area contributed by atoms with E-state index in [-0.39, 0.29) is 28.9 Å². The fraction of sp³-hybridized carbons (Fsp3) is 0.100. The van der Waals surface area contributed by atoms with Crippen LogP contribution in [-0.2, 0) is 12.8 Å². The fourth-order valence-electron chi connectivity index (χ4n) is 2.34. The molecule has 0 radical (unpaired) electrons. The van der Waals surface area contributed by atoms with Crippen LogP contribution in [0.1, 0.15) is 11.1 Å². The molecule has 0 atom stereocenters. The summed E-state index contributed by atoms with van der Waals surface area (Å²) >= 11 is 6.11. The van der Waals surface area contributed by atoms with Crippen LogP contribution in [0.3, 0.4) is 0 Å². The second kappa shape index (κ2) is 8.06. The molecule has 0 unspecified atom stereocenters. The summed E-state index contributed by atoms with van der Waals surface area (Å²) in [5.74, 6) is -1.08. The summed E-state index contributed by atoms with van der Waals surface area (Å²) < 4.78 is 74.9. The van der Waals surface area contributed by atoms with Gasteiger partial charge in [-0.25, -0.2) is 8.78 Å². The minimum absolute atomic E-state index is 0.00711. The van der Waals surface area contributed by atoms with Gasteiger partial charge >= 0.3 is 6.18 Å². The molecule has 28 heavy (non-hydrogen) atoms. The molecule has 0 fully saturated rings. The van der Waals surface area contributed by atoms with Gasteiger partial charge in [0.2, 0.25) is 0 Å². The number of hydrogen-bond donors (Lipinski definition) is 0. The lowest BCUT2D eigenvalue weighted by Crippen LogP contribution is -2.05. The number of rotatable bonds is 5. The quantitative estimate of drug-likeness (QED) is 0.418.